The van der Waals surface area contributed by atoms with E-state index in [2.05, 4.69) is 4.98 Å². The smallest absolute Gasteiger partial charge is 0.213 e. The fourth-order valence-corrected chi connectivity index (χ4v) is 1.53. The molecule has 0 fully saturated rings. The minimum atomic E-state index is 0.402. The van der Waals surface area contributed by atoms with Gasteiger partial charge in [0.15, 0.2) is 0 Å². The first kappa shape index (κ1) is 11.4. The molecular weight excluding hydrogens is 236 g/mol. The van der Waals surface area contributed by atoms with Crippen molar-refractivity contribution in [1.82, 2.24) is 4.98 Å². The molecule has 3 nitrogen and oxygen atoms in total. The largest absolute Gasteiger partial charge is 0.473 e. The molecule has 0 spiro atoms. The van der Waals surface area contributed by atoms with Gasteiger partial charge in [-0.3, -0.25) is 0 Å². The summed E-state index contributed by atoms with van der Waals surface area (Å²) >= 11 is 5.86. The first-order valence-corrected chi connectivity index (χ1v) is 5.39. The Balaban J connectivity index is 2.00. The van der Waals surface area contributed by atoms with E-state index in [1.54, 1.807) is 12.1 Å². The Kier molecular flexibility index (Phi) is 3.59. The summed E-state index contributed by atoms with van der Waals surface area (Å²) in [5.74, 6) is 0.490. The number of aromatic nitrogens is 1. The third-order valence-corrected chi connectivity index (χ3v) is 2.38. The maximum atomic E-state index is 8.62. The van der Waals surface area contributed by atoms with Crippen molar-refractivity contribution in [3.05, 3.63) is 58.7 Å². The highest BCUT2D eigenvalue weighted by molar-refractivity contribution is 6.30. The molecule has 0 atom stereocenters. The summed E-state index contributed by atoms with van der Waals surface area (Å²) in [6.45, 7) is 0.402. The number of pyridine rings is 1. The van der Waals surface area contributed by atoms with Gasteiger partial charge in [-0.25, -0.2) is 4.98 Å². The molecule has 2 aromatic rings. The molecule has 0 amide bonds. The third kappa shape index (κ3) is 3.20. The van der Waals surface area contributed by atoms with E-state index in [4.69, 9.17) is 21.6 Å². The Hall–Kier alpha value is -2.05. The monoisotopic (exact) mass is 244 g/mol. The van der Waals surface area contributed by atoms with Crippen LogP contribution in [0.4, 0.5) is 0 Å². The number of ether oxygens (including phenoxy) is 1. The number of benzene rings is 1. The molecule has 0 bridgehead atoms. The maximum absolute atomic E-state index is 8.62. The van der Waals surface area contributed by atoms with Crippen LogP contribution in [0.3, 0.4) is 0 Å². The van der Waals surface area contributed by atoms with Crippen molar-refractivity contribution in [2.75, 3.05) is 0 Å². The van der Waals surface area contributed by atoms with Crippen LogP contribution in [0, 0.1) is 11.3 Å². The molecule has 0 unspecified atom stereocenters. The normalized spacial score (nSPS) is 9.65. The molecule has 0 N–H and O–H groups in total. The van der Waals surface area contributed by atoms with E-state index in [-0.39, 0.29) is 0 Å². The van der Waals surface area contributed by atoms with Crippen LogP contribution in [0.5, 0.6) is 5.88 Å². The minimum Gasteiger partial charge on any atom is -0.473 e. The number of rotatable bonds is 3. The van der Waals surface area contributed by atoms with Crippen LogP contribution in [0.25, 0.3) is 0 Å². The summed E-state index contributed by atoms with van der Waals surface area (Å²) < 4.78 is 5.47. The van der Waals surface area contributed by atoms with Gasteiger partial charge in [0, 0.05) is 17.3 Å². The molecule has 0 saturated heterocycles. The molecule has 0 aliphatic carbocycles. The van der Waals surface area contributed by atoms with E-state index in [0.29, 0.717) is 23.1 Å². The standard InChI is InChI=1S/C13H9ClN2O/c14-12-3-1-2-10(6-12)9-17-13-5-4-11(7-15)8-16-13/h1-6,8H,9H2. The highest BCUT2D eigenvalue weighted by Gasteiger charge is 1.98. The van der Waals surface area contributed by atoms with E-state index >= 15 is 0 Å². The first-order chi connectivity index (χ1) is 8.28. The van der Waals surface area contributed by atoms with Crippen molar-refractivity contribution in [2.45, 2.75) is 6.61 Å². The average molecular weight is 245 g/mol. The van der Waals surface area contributed by atoms with Crippen LogP contribution >= 0.6 is 11.6 Å². The topological polar surface area (TPSA) is 45.9 Å². The number of halogens is 1. The Morgan fingerprint density at radius 1 is 1.29 bits per heavy atom. The predicted octanol–water partition coefficient (Wildman–Crippen LogP) is 3.19. The summed E-state index contributed by atoms with van der Waals surface area (Å²) in [6, 6.07) is 12.8. The highest BCUT2D eigenvalue weighted by Crippen LogP contribution is 2.13. The molecule has 1 aromatic heterocycles. The van der Waals surface area contributed by atoms with Gasteiger partial charge < -0.3 is 4.74 Å². The van der Waals surface area contributed by atoms with Gasteiger partial charge in [-0.15, -0.1) is 0 Å². The summed E-state index contributed by atoms with van der Waals surface area (Å²) in [5, 5.41) is 9.30. The van der Waals surface area contributed by atoms with Crippen LogP contribution in [0.2, 0.25) is 5.02 Å². The average Bonchev–Trinajstić information content (AvgIpc) is 2.37. The molecule has 17 heavy (non-hydrogen) atoms. The van der Waals surface area contributed by atoms with E-state index in [9.17, 15) is 0 Å². The molecule has 2 rings (SSSR count). The Labute approximate surface area is 104 Å². The number of nitrogens with zero attached hydrogens (tertiary/aromatic N) is 2. The molecular formula is C13H9ClN2O. The molecule has 0 radical (unpaired) electrons. The first-order valence-electron chi connectivity index (χ1n) is 5.01. The van der Waals surface area contributed by atoms with Gasteiger partial charge in [0.25, 0.3) is 0 Å². The van der Waals surface area contributed by atoms with Crippen LogP contribution in [-0.4, -0.2) is 4.98 Å². The van der Waals surface area contributed by atoms with Crippen molar-refractivity contribution in [3.8, 4) is 11.9 Å². The van der Waals surface area contributed by atoms with Gasteiger partial charge in [0.05, 0.1) is 5.56 Å². The van der Waals surface area contributed by atoms with Crippen molar-refractivity contribution in [3.63, 3.8) is 0 Å². The number of hydrogen-bond donors (Lipinski definition) is 0. The van der Waals surface area contributed by atoms with Gasteiger partial charge in [-0.2, -0.15) is 5.26 Å². The van der Waals surface area contributed by atoms with Gasteiger partial charge in [0.1, 0.15) is 12.7 Å². The van der Waals surface area contributed by atoms with Crippen LogP contribution in [0.15, 0.2) is 42.6 Å². The van der Waals surface area contributed by atoms with Crippen LogP contribution in [0.1, 0.15) is 11.1 Å². The summed E-state index contributed by atoms with van der Waals surface area (Å²) in [6.07, 6.45) is 1.48. The Morgan fingerprint density at radius 3 is 2.82 bits per heavy atom. The zero-order chi connectivity index (χ0) is 12.1. The maximum Gasteiger partial charge on any atom is 0.213 e. The Morgan fingerprint density at radius 2 is 2.18 bits per heavy atom. The van der Waals surface area contributed by atoms with E-state index in [0.717, 1.165) is 5.56 Å². The lowest BCUT2D eigenvalue weighted by molar-refractivity contribution is 0.294. The van der Waals surface area contributed by atoms with E-state index in [1.807, 2.05) is 30.3 Å². The third-order valence-electron chi connectivity index (χ3n) is 2.14. The second kappa shape index (κ2) is 5.33. The summed E-state index contributed by atoms with van der Waals surface area (Å²) in [4.78, 5) is 4.01. The minimum absolute atomic E-state index is 0.402. The predicted molar refractivity (Wildman–Crippen MR) is 64.7 cm³/mol. The molecule has 0 aliphatic heterocycles. The van der Waals surface area contributed by atoms with Crippen LogP contribution < -0.4 is 4.74 Å². The second-order valence-corrected chi connectivity index (χ2v) is 3.85. The zero-order valence-electron chi connectivity index (χ0n) is 8.93. The SMILES string of the molecule is N#Cc1ccc(OCc2cccc(Cl)c2)nc1. The van der Waals surface area contributed by atoms with Crippen molar-refractivity contribution < 1.29 is 4.74 Å². The molecule has 4 heteroatoms. The van der Waals surface area contributed by atoms with E-state index in [1.165, 1.54) is 6.20 Å². The molecule has 0 aliphatic rings. The van der Waals surface area contributed by atoms with Gasteiger partial charge in [-0.1, -0.05) is 23.7 Å². The second-order valence-electron chi connectivity index (χ2n) is 3.42. The molecule has 1 aromatic carbocycles. The fourth-order valence-electron chi connectivity index (χ4n) is 1.32. The van der Waals surface area contributed by atoms with Gasteiger partial charge >= 0.3 is 0 Å². The van der Waals surface area contributed by atoms with Crippen LogP contribution in [-0.2, 0) is 6.61 Å². The quantitative estimate of drug-likeness (QED) is 0.833. The lowest BCUT2D eigenvalue weighted by Crippen LogP contribution is -1.97. The van der Waals surface area contributed by atoms with Crippen molar-refractivity contribution >= 4 is 11.6 Å². The number of hydrogen-bond acceptors (Lipinski definition) is 3. The lowest BCUT2D eigenvalue weighted by atomic mass is 10.2. The Bertz CT molecular complexity index is 546. The number of nitriles is 1. The van der Waals surface area contributed by atoms with Crippen molar-refractivity contribution in [2.24, 2.45) is 0 Å². The fraction of sp³-hybridized carbons (Fsp3) is 0.0769. The molecule has 0 saturated carbocycles. The summed E-state index contributed by atoms with van der Waals surface area (Å²) in [7, 11) is 0. The lowest BCUT2D eigenvalue weighted by Gasteiger charge is -2.05. The molecule has 84 valence electrons. The van der Waals surface area contributed by atoms with Gasteiger partial charge in [-0.05, 0) is 23.8 Å². The van der Waals surface area contributed by atoms with E-state index < -0.39 is 0 Å². The zero-order valence-corrected chi connectivity index (χ0v) is 9.69. The highest BCUT2D eigenvalue weighted by atomic mass is 35.5. The van der Waals surface area contributed by atoms with Crippen molar-refractivity contribution in [1.29, 1.82) is 5.26 Å². The summed E-state index contributed by atoms with van der Waals surface area (Å²) in [5.41, 5.74) is 1.49. The molecule has 1 heterocycles. The van der Waals surface area contributed by atoms with Gasteiger partial charge in [0.2, 0.25) is 5.88 Å².